The Bertz CT molecular complexity index is 510. The van der Waals surface area contributed by atoms with Gasteiger partial charge in [-0.1, -0.05) is 0 Å². The predicted octanol–water partition coefficient (Wildman–Crippen LogP) is 3.29. The zero-order valence-electron chi connectivity index (χ0n) is 9.53. The number of nitrogens with one attached hydrogen (secondary N) is 1. The average Bonchev–Trinajstić information content (AvgIpc) is 2.68. The second-order valence-corrected chi connectivity index (χ2v) is 6.07. The maximum Gasteiger partial charge on any atom is 0.0897 e. The number of nitrogen functional groups attached to an aromatic ring is 1. The number of nitrogens with zero attached hydrogens (tertiary/aromatic N) is 1. The molecule has 5 heteroatoms. The third kappa shape index (κ3) is 3.57. The van der Waals surface area contributed by atoms with Gasteiger partial charge in [0.1, 0.15) is 0 Å². The van der Waals surface area contributed by atoms with E-state index < -0.39 is 0 Å². The standard InChI is InChI=1S/C12H14IN3S/c1-8-16-10(7-17-8)4-5-15-12-3-2-9(13)6-11(12)14/h2-3,6-7,15H,4-5,14H2,1H3. The molecule has 0 aliphatic heterocycles. The van der Waals surface area contributed by atoms with E-state index in [0.717, 1.165) is 38.6 Å². The van der Waals surface area contributed by atoms with E-state index in [9.17, 15) is 0 Å². The van der Waals surface area contributed by atoms with Crippen molar-refractivity contribution in [2.75, 3.05) is 17.6 Å². The van der Waals surface area contributed by atoms with Crippen molar-refractivity contribution in [2.24, 2.45) is 0 Å². The molecule has 2 aromatic rings. The number of aryl methyl sites for hydroxylation is 1. The molecule has 0 radical (unpaired) electrons. The van der Waals surface area contributed by atoms with Gasteiger partial charge in [0.2, 0.25) is 0 Å². The third-order valence-electron chi connectivity index (χ3n) is 2.38. The topological polar surface area (TPSA) is 50.9 Å². The maximum atomic E-state index is 5.92. The summed E-state index contributed by atoms with van der Waals surface area (Å²) in [7, 11) is 0. The fourth-order valence-electron chi connectivity index (χ4n) is 1.54. The molecule has 90 valence electrons. The molecule has 0 unspecified atom stereocenters. The zero-order valence-corrected chi connectivity index (χ0v) is 12.5. The van der Waals surface area contributed by atoms with Gasteiger partial charge in [-0.25, -0.2) is 4.98 Å². The second-order valence-electron chi connectivity index (χ2n) is 3.77. The Morgan fingerprint density at radius 2 is 2.29 bits per heavy atom. The van der Waals surface area contributed by atoms with Gasteiger partial charge in [-0.2, -0.15) is 0 Å². The van der Waals surface area contributed by atoms with Crippen LogP contribution in [-0.2, 0) is 6.42 Å². The highest BCUT2D eigenvalue weighted by atomic mass is 127. The molecular weight excluding hydrogens is 345 g/mol. The first-order valence-electron chi connectivity index (χ1n) is 5.35. The van der Waals surface area contributed by atoms with Crippen molar-refractivity contribution in [1.82, 2.24) is 4.98 Å². The van der Waals surface area contributed by atoms with Gasteiger partial charge in [0.15, 0.2) is 0 Å². The van der Waals surface area contributed by atoms with Gasteiger partial charge >= 0.3 is 0 Å². The third-order valence-corrected chi connectivity index (χ3v) is 3.87. The second kappa shape index (κ2) is 5.68. The first-order valence-corrected chi connectivity index (χ1v) is 7.31. The van der Waals surface area contributed by atoms with Crippen molar-refractivity contribution in [2.45, 2.75) is 13.3 Å². The minimum atomic E-state index is 0.798. The van der Waals surface area contributed by atoms with E-state index in [0.29, 0.717) is 0 Å². The van der Waals surface area contributed by atoms with Crippen molar-refractivity contribution in [3.8, 4) is 0 Å². The zero-order chi connectivity index (χ0) is 12.3. The molecular formula is C12H14IN3S. The summed E-state index contributed by atoms with van der Waals surface area (Å²) in [6, 6.07) is 6.03. The first kappa shape index (κ1) is 12.6. The predicted molar refractivity (Wildman–Crippen MR) is 82.6 cm³/mol. The van der Waals surface area contributed by atoms with E-state index in [1.54, 1.807) is 11.3 Å². The molecule has 17 heavy (non-hydrogen) atoms. The Morgan fingerprint density at radius 1 is 1.47 bits per heavy atom. The minimum Gasteiger partial charge on any atom is -0.397 e. The van der Waals surface area contributed by atoms with Crippen LogP contribution in [0.25, 0.3) is 0 Å². The van der Waals surface area contributed by atoms with Gasteiger partial charge in [-0.15, -0.1) is 11.3 Å². The van der Waals surface area contributed by atoms with Crippen LogP contribution in [0, 0.1) is 10.5 Å². The van der Waals surface area contributed by atoms with Crippen LogP contribution in [0.4, 0.5) is 11.4 Å². The van der Waals surface area contributed by atoms with Crippen molar-refractivity contribution >= 4 is 45.3 Å². The van der Waals surface area contributed by atoms with Crippen LogP contribution in [0.15, 0.2) is 23.6 Å². The van der Waals surface area contributed by atoms with E-state index in [1.807, 2.05) is 25.1 Å². The molecule has 0 saturated heterocycles. The fraction of sp³-hybridized carbons (Fsp3) is 0.250. The molecule has 1 aromatic carbocycles. The summed E-state index contributed by atoms with van der Waals surface area (Å²) in [5, 5.41) is 6.56. The highest BCUT2D eigenvalue weighted by molar-refractivity contribution is 14.1. The van der Waals surface area contributed by atoms with E-state index in [2.05, 4.69) is 38.3 Å². The van der Waals surface area contributed by atoms with Crippen molar-refractivity contribution < 1.29 is 0 Å². The van der Waals surface area contributed by atoms with E-state index in [4.69, 9.17) is 5.73 Å². The van der Waals surface area contributed by atoms with Crippen LogP contribution in [0.5, 0.6) is 0 Å². The van der Waals surface area contributed by atoms with Crippen LogP contribution in [-0.4, -0.2) is 11.5 Å². The quantitative estimate of drug-likeness (QED) is 0.651. The SMILES string of the molecule is Cc1nc(CCNc2ccc(I)cc2N)cs1. The first-order chi connectivity index (χ1) is 8.15. The highest BCUT2D eigenvalue weighted by Gasteiger charge is 2.01. The van der Waals surface area contributed by atoms with Gasteiger partial charge < -0.3 is 11.1 Å². The molecule has 3 N–H and O–H groups in total. The summed E-state index contributed by atoms with van der Waals surface area (Å²) in [5.41, 5.74) is 8.86. The maximum absolute atomic E-state index is 5.92. The van der Waals surface area contributed by atoms with Crippen molar-refractivity contribution in [3.63, 3.8) is 0 Å². The molecule has 0 aliphatic carbocycles. The Kier molecular flexibility index (Phi) is 4.22. The molecule has 0 fully saturated rings. The van der Waals surface area contributed by atoms with Gasteiger partial charge in [0, 0.05) is 21.9 Å². The average molecular weight is 359 g/mol. The molecule has 0 saturated carbocycles. The van der Waals surface area contributed by atoms with E-state index in [-0.39, 0.29) is 0 Å². The number of hydrogen-bond acceptors (Lipinski definition) is 4. The lowest BCUT2D eigenvalue weighted by Crippen LogP contribution is -2.07. The van der Waals surface area contributed by atoms with Crippen molar-refractivity contribution in [1.29, 1.82) is 0 Å². The summed E-state index contributed by atoms with van der Waals surface area (Å²) < 4.78 is 1.15. The largest absolute Gasteiger partial charge is 0.397 e. The molecule has 0 aliphatic rings. The number of hydrogen-bond donors (Lipinski definition) is 2. The molecule has 0 atom stereocenters. The molecule has 1 aromatic heterocycles. The van der Waals surface area contributed by atoms with Gasteiger partial charge in [-0.05, 0) is 47.7 Å². The molecule has 0 bridgehead atoms. The normalized spacial score (nSPS) is 10.5. The Labute approximate surface area is 119 Å². The van der Waals surface area contributed by atoms with Crippen LogP contribution < -0.4 is 11.1 Å². The summed E-state index contributed by atoms with van der Waals surface area (Å²) in [5.74, 6) is 0. The molecule has 0 amide bonds. The summed E-state index contributed by atoms with van der Waals surface area (Å²) in [6.07, 6.45) is 0.926. The lowest BCUT2D eigenvalue weighted by molar-refractivity contribution is 0.969. The van der Waals surface area contributed by atoms with Gasteiger partial charge in [-0.3, -0.25) is 0 Å². The van der Waals surface area contributed by atoms with Gasteiger partial charge in [0.25, 0.3) is 0 Å². The number of halogens is 1. The lowest BCUT2D eigenvalue weighted by Gasteiger charge is -2.08. The Hall–Kier alpha value is -0.820. The summed E-state index contributed by atoms with van der Waals surface area (Å²) in [6.45, 7) is 2.88. The minimum absolute atomic E-state index is 0.798. The number of anilines is 2. The van der Waals surface area contributed by atoms with Crippen LogP contribution in [0.2, 0.25) is 0 Å². The Balaban J connectivity index is 1.90. The van der Waals surface area contributed by atoms with Crippen molar-refractivity contribution in [3.05, 3.63) is 37.9 Å². The van der Waals surface area contributed by atoms with E-state index in [1.165, 1.54) is 0 Å². The smallest absolute Gasteiger partial charge is 0.0897 e. The number of nitrogens with two attached hydrogens (primary N) is 1. The van der Waals surface area contributed by atoms with Crippen LogP contribution in [0.1, 0.15) is 10.7 Å². The molecule has 0 spiro atoms. The molecule has 3 nitrogen and oxygen atoms in total. The van der Waals surface area contributed by atoms with Crippen LogP contribution >= 0.6 is 33.9 Å². The van der Waals surface area contributed by atoms with Gasteiger partial charge in [0.05, 0.1) is 22.1 Å². The number of aromatic nitrogens is 1. The summed E-state index contributed by atoms with van der Waals surface area (Å²) in [4.78, 5) is 4.42. The molecule has 2 rings (SSSR count). The Morgan fingerprint density at radius 3 is 2.94 bits per heavy atom. The monoisotopic (exact) mass is 359 g/mol. The fourth-order valence-corrected chi connectivity index (χ4v) is 2.71. The summed E-state index contributed by atoms with van der Waals surface area (Å²) >= 11 is 3.95. The highest BCUT2D eigenvalue weighted by Crippen LogP contribution is 2.20. The number of rotatable bonds is 4. The number of benzene rings is 1. The van der Waals surface area contributed by atoms with Crippen LogP contribution in [0.3, 0.4) is 0 Å². The van der Waals surface area contributed by atoms with E-state index >= 15 is 0 Å². The number of thiazole rings is 1. The molecule has 1 heterocycles. The lowest BCUT2D eigenvalue weighted by atomic mass is 10.2.